The van der Waals surface area contributed by atoms with E-state index in [9.17, 15) is 8.42 Å². The second kappa shape index (κ2) is 7.43. The number of nitrogens with one attached hydrogen (secondary N) is 1. The van der Waals surface area contributed by atoms with Crippen molar-refractivity contribution >= 4 is 10.0 Å². The van der Waals surface area contributed by atoms with Crippen LogP contribution in [0.25, 0.3) is 0 Å². The first kappa shape index (κ1) is 15.9. The van der Waals surface area contributed by atoms with Gasteiger partial charge >= 0.3 is 0 Å². The summed E-state index contributed by atoms with van der Waals surface area (Å²) in [7, 11) is -3.24. The molecule has 1 rings (SSSR count). The van der Waals surface area contributed by atoms with Crippen molar-refractivity contribution in [3.8, 4) is 0 Å². The van der Waals surface area contributed by atoms with Gasteiger partial charge in [-0.05, 0) is 25.7 Å². The normalized spacial score (nSPS) is 24.9. The van der Waals surface area contributed by atoms with E-state index in [0.717, 1.165) is 6.61 Å². The summed E-state index contributed by atoms with van der Waals surface area (Å²) in [6.07, 6.45) is 1.08. The van der Waals surface area contributed by atoms with E-state index in [1.807, 2.05) is 6.92 Å². The van der Waals surface area contributed by atoms with Crippen molar-refractivity contribution in [1.29, 1.82) is 0 Å². The number of hydrogen-bond donors (Lipinski definition) is 1. The van der Waals surface area contributed by atoms with Gasteiger partial charge in [0.05, 0.1) is 6.10 Å². The lowest BCUT2D eigenvalue weighted by Gasteiger charge is -2.15. The zero-order valence-electron chi connectivity index (χ0n) is 11.5. The Morgan fingerprint density at radius 3 is 2.72 bits per heavy atom. The van der Waals surface area contributed by atoms with Crippen LogP contribution in [0.5, 0.6) is 0 Å². The lowest BCUT2D eigenvalue weighted by molar-refractivity contribution is 0.108. The molecule has 0 aliphatic carbocycles. The molecule has 0 spiro atoms. The SMILES string of the molecule is CC(C)COCCCNS(=O)(=O)[C@H]1CCO[C@@H]1C. The Kier molecular flexibility index (Phi) is 6.55. The van der Waals surface area contributed by atoms with Gasteiger partial charge in [0.2, 0.25) is 10.0 Å². The molecule has 6 heteroatoms. The van der Waals surface area contributed by atoms with Crippen molar-refractivity contribution in [3.63, 3.8) is 0 Å². The van der Waals surface area contributed by atoms with Crippen LogP contribution >= 0.6 is 0 Å². The molecule has 1 saturated heterocycles. The maximum atomic E-state index is 12.0. The molecule has 2 atom stereocenters. The largest absolute Gasteiger partial charge is 0.381 e. The summed E-state index contributed by atoms with van der Waals surface area (Å²) in [5, 5.41) is -0.408. The Morgan fingerprint density at radius 2 is 2.17 bits per heavy atom. The molecule has 1 N–H and O–H groups in total. The molecule has 1 aliphatic heterocycles. The van der Waals surface area contributed by atoms with Gasteiger partial charge in [0, 0.05) is 26.4 Å². The van der Waals surface area contributed by atoms with Crippen molar-refractivity contribution in [2.45, 2.75) is 45.0 Å². The van der Waals surface area contributed by atoms with Crippen molar-refractivity contribution in [2.75, 3.05) is 26.4 Å². The molecule has 0 bridgehead atoms. The van der Waals surface area contributed by atoms with E-state index in [-0.39, 0.29) is 6.10 Å². The van der Waals surface area contributed by atoms with Gasteiger partial charge in [-0.2, -0.15) is 0 Å². The predicted molar refractivity (Wildman–Crippen MR) is 71.0 cm³/mol. The van der Waals surface area contributed by atoms with Gasteiger partial charge < -0.3 is 9.47 Å². The summed E-state index contributed by atoms with van der Waals surface area (Å²) >= 11 is 0. The standard InChI is InChI=1S/C12H25NO4S/c1-10(2)9-16-7-4-6-13-18(14,15)12-5-8-17-11(12)3/h10-13H,4-9H2,1-3H3/t11-,12+/m1/s1. The third-order valence-electron chi connectivity index (χ3n) is 2.93. The van der Waals surface area contributed by atoms with E-state index in [0.29, 0.717) is 38.5 Å². The van der Waals surface area contributed by atoms with Crippen LogP contribution in [0.1, 0.15) is 33.6 Å². The lowest BCUT2D eigenvalue weighted by atomic mass is 10.2. The predicted octanol–water partition coefficient (Wildman–Crippen LogP) is 1.15. The minimum atomic E-state index is -3.24. The highest BCUT2D eigenvalue weighted by molar-refractivity contribution is 7.90. The monoisotopic (exact) mass is 279 g/mol. The van der Waals surface area contributed by atoms with E-state index in [1.54, 1.807) is 0 Å². The fourth-order valence-electron chi connectivity index (χ4n) is 1.93. The van der Waals surface area contributed by atoms with Gasteiger partial charge in [-0.15, -0.1) is 0 Å². The van der Waals surface area contributed by atoms with Gasteiger partial charge in [-0.1, -0.05) is 13.8 Å². The Hall–Kier alpha value is -0.170. The van der Waals surface area contributed by atoms with E-state index >= 15 is 0 Å². The molecule has 108 valence electrons. The minimum Gasteiger partial charge on any atom is -0.381 e. The van der Waals surface area contributed by atoms with Crippen LogP contribution in [0.3, 0.4) is 0 Å². The summed E-state index contributed by atoms with van der Waals surface area (Å²) in [5.74, 6) is 0.512. The van der Waals surface area contributed by atoms with Crippen molar-refractivity contribution < 1.29 is 17.9 Å². The third kappa shape index (κ3) is 5.22. The average molecular weight is 279 g/mol. The Balaban J connectivity index is 2.18. The lowest BCUT2D eigenvalue weighted by Crippen LogP contribution is -2.38. The molecule has 0 aromatic carbocycles. The van der Waals surface area contributed by atoms with E-state index in [2.05, 4.69) is 18.6 Å². The summed E-state index contributed by atoms with van der Waals surface area (Å²) in [6.45, 7) is 8.27. The fourth-order valence-corrected chi connectivity index (χ4v) is 3.57. The van der Waals surface area contributed by atoms with E-state index in [1.165, 1.54) is 0 Å². The molecule has 0 aromatic heterocycles. The summed E-state index contributed by atoms with van der Waals surface area (Å²) < 4.78 is 37.2. The molecule has 0 unspecified atom stereocenters. The van der Waals surface area contributed by atoms with Gasteiger partial charge in [-0.25, -0.2) is 13.1 Å². The molecule has 0 radical (unpaired) electrons. The van der Waals surface area contributed by atoms with Crippen LogP contribution in [-0.4, -0.2) is 46.1 Å². The molecule has 0 aromatic rings. The molecule has 1 fully saturated rings. The van der Waals surface area contributed by atoms with Crippen LogP contribution < -0.4 is 4.72 Å². The van der Waals surface area contributed by atoms with Crippen LogP contribution in [0, 0.1) is 5.92 Å². The van der Waals surface area contributed by atoms with Crippen LogP contribution in [0.15, 0.2) is 0 Å². The van der Waals surface area contributed by atoms with Crippen molar-refractivity contribution in [1.82, 2.24) is 4.72 Å². The molecular weight excluding hydrogens is 254 g/mol. The number of sulfonamides is 1. The van der Waals surface area contributed by atoms with Crippen molar-refractivity contribution in [3.05, 3.63) is 0 Å². The van der Waals surface area contributed by atoms with E-state index in [4.69, 9.17) is 9.47 Å². The van der Waals surface area contributed by atoms with Gasteiger partial charge in [0.15, 0.2) is 0 Å². The highest BCUT2D eigenvalue weighted by Crippen LogP contribution is 2.19. The molecule has 1 aliphatic rings. The first-order valence-electron chi connectivity index (χ1n) is 6.61. The number of rotatable bonds is 8. The van der Waals surface area contributed by atoms with E-state index < -0.39 is 15.3 Å². The van der Waals surface area contributed by atoms with Gasteiger partial charge in [0.1, 0.15) is 5.25 Å². The molecule has 1 heterocycles. The van der Waals surface area contributed by atoms with Gasteiger partial charge in [0.25, 0.3) is 0 Å². The molecule has 0 amide bonds. The highest BCUT2D eigenvalue weighted by Gasteiger charge is 2.35. The molecule has 5 nitrogen and oxygen atoms in total. The maximum Gasteiger partial charge on any atom is 0.217 e. The summed E-state index contributed by atoms with van der Waals surface area (Å²) in [6, 6.07) is 0. The smallest absolute Gasteiger partial charge is 0.217 e. The average Bonchev–Trinajstić information content (AvgIpc) is 2.70. The topological polar surface area (TPSA) is 64.6 Å². The second-order valence-corrected chi connectivity index (χ2v) is 7.15. The Labute approximate surface area is 110 Å². The van der Waals surface area contributed by atoms with Crippen LogP contribution in [0.4, 0.5) is 0 Å². The fraction of sp³-hybridized carbons (Fsp3) is 1.00. The first-order chi connectivity index (χ1) is 8.43. The molecular formula is C12H25NO4S. The summed E-state index contributed by atoms with van der Waals surface area (Å²) in [5.41, 5.74) is 0. The highest BCUT2D eigenvalue weighted by atomic mass is 32.2. The zero-order chi connectivity index (χ0) is 13.6. The molecule has 18 heavy (non-hydrogen) atoms. The number of hydrogen-bond acceptors (Lipinski definition) is 4. The third-order valence-corrected chi connectivity index (χ3v) is 4.95. The van der Waals surface area contributed by atoms with Crippen LogP contribution in [-0.2, 0) is 19.5 Å². The quantitative estimate of drug-likeness (QED) is 0.677. The minimum absolute atomic E-state index is 0.209. The molecule has 0 saturated carbocycles. The Morgan fingerprint density at radius 1 is 1.44 bits per heavy atom. The first-order valence-corrected chi connectivity index (χ1v) is 8.16. The van der Waals surface area contributed by atoms with Crippen LogP contribution in [0.2, 0.25) is 0 Å². The van der Waals surface area contributed by atoms with Crippen molar-refractivity contribution in [2.24, 2.45) is 5.92 Å². The second-order valence-electron chi connectivity index (χ2n) is 5.16. The number of ether oxygens (including phenoxy) is 2. The maximum absolute atomic E-state index is 12.0. The zero-order valence-corrected chi connectivity index (χ0v) is 12.3. The van der Waals surface area contributed by atoms with Gasteiger partial charge in [-0.3, -0.25) is 0 Å². The summed E-state index contributed by atoms with van der Waals surface area (Å²) in [4.78, 5) is 0. The Bertz CT molecular complexity index is 329.